The fraction of sp³-hybridized carbons (Fsp3) is 0.759. The molecule has 0 spiro atoms. The Hall–Kier alpha value is -1.31. The lowest BCUT2D eigenvalue weighted by Crippen LogP contribution is -2.61. The summed E-state index contributed by atoms with van der Waals surface area (Å²) in [5.74, 6) is 4.02. The van der Waals surface area contributed by atoms with Crippen molar-refractivity contribution in [2.75, 3.05) is 7.05 Å². The number of hydrogen-bond acceptors (Lipinski definition) is 1. The summed E-state index contributed by atoms with van der Waals surface area (Å²) in [7, 11) is 2.08. The highest BCUT2D eigenvalue weighted by molar-refractivity contribution is 5.77. The molecule has 1 aromatic carbocycles. The Kier molecular flexibility index (Phi) is 5.72. The maximum absolute atomic E-state index is 12.4. The third-order valence-corrected chi connectivity index (χ3v) is 10.9. The van der Waals surface area contributed by atoms with Gasteiger partial charge < -0.3 is 4.90 Å². The molecule has 31 heavy (non-hydrogen) atoms. The summed E-state index contributed by atoms with van der Waals surface area (Å²) in [6, 6.07) is 11.5. The van der Waals surface area contributed by atoms with Gasteiger partial charge in [0.05, 0.1) is 0 Å². The summed E-state index contributed by atoms with van der Waals surface area (Å²) < 4.78 is 0. The van der Waals surface area contributed by atoms with Crippen LogP contribution >= 0.6 is 0 Å². The number of aryl methyl sites for hydroxylation is 1. The van der Waals surface area contributed by atoms with Gasteiger partial charge in [-0.1, -0.05) is 50.6 Å². The second kappa shape index (κ2) is 8.23. The summed E-state index contributed by atoms with van der Waals surface area (Å²) in [5, 5.41) is 0. The van der Waals surface area contributed by atoms with Crippen molar-refractivity contribution in [3.8, 4) is 0 Å². The van der Waals surface area contributed by atoms with E-state index in [4.69, 9.17) is 0 Å². The predicted octanol–water partition coefficient (Wildman–Crippen LogP) is 6.88. The molecule has 3 aliphatic carbocycles. The molecular formula is C29H43NO. The molecule has 3 saturated carbocycles. The van der Waals surface area contributed by atoms with Gasteiger partial charge in [0.25, 0.3) is 0 Å². The van der Waals surface area contributed by atoms with E-state index in [2.05, 4.69) is 56.1 Å². The Morgan fingerprint density at radius 3 is 2.48 bits per heavy atom. The Balaban J connectivity index is 1.23. The van der Waals surface area contributed by atoms with Crippen molar-refractivity contribution in [1.82, 2.24) is 4.90 Å². The minimum absolute atomic E-state index is 0.362. The van der Waals surface area contributed by atoms with Crippen molar-refractivity contribution in [3.05, 3.63) is 35.9 Å². The van der Waals surface area contributed by atoms with E-state index in [0.717, 1.165) is 36.5 Å². The van der Waals surface area contributed by atoms with Gasteiger partial charge in [-0.15, -0.1) is 0 Å². The number of nitrogens with zero attached hydrogens (tertiary/aromatic N) is 1. The standard InChI is InChI=1S/C29H43NO/c1-28-19-17-25-23(14-16-26-29(25,2)20-18-27(31)30(26)3)24(28)15-13-22(28)12-8-7-11-21-9-5-4-6-10-21/h4-6,9-10,22-26H,7-8,11-20H2,1-3H3/t22?,23-,24-,25+,26?,28+,29+/m0/s1. The van der Waals surface area contributed by atoms with E-state index in [1.807, 2.05) is 0 Å². The smallest absolute Gasteiger partial charge is 0.222 e. The van der Waals surface area contributed by atoms with E-state index in [-0.39, 0.29) is 0 Å². The monoisotopic (exact) mass is 421 g/mol. The zero-order valence-electron chi connectivity index (χ0n) is 20.1. The van der Waals surface area contributed by atoms with E-state index in [9.17, 15) is 4.79 Å². The number of piperidine rings is 1. The van der Waals surface area contributed by atoms with Gasteiger partial charge in [-0.3, -0.25) is 4.79 Å². The number of rotatable bonds is 5. The molecule has 2 unspecified atom stereocenters. The van der Waals surface area contributed by atoms with E-state index in [1.165, 1.54) is 69.8 Å². The summed E-state index contributed by atoms with van der Waals surface area (Å²) >= 11 is 0. The van der Waals surface area contributed by atoms with Crippen LogP contribution in [0.4, 0.5) is 0 Å². The molecule has 0 aromatic heterocycles. The number of benzene rings is 1. The lowest BCUT2D eigenvalue weighted by Gasteiger charge is -2.62. The van der Waals surface area contributed by atoms with Gasteiger partial charge in [0.1, 0.15) is 0 Å². The van der Waals surface area contributed by atoms with Gasteiger partial charge in [0.15, 0.2) is 0 Å². The van der Waals surface area contributed by atoms with Gasteiger partial charge in [-0.2, -0.15) is 0 Å². The van der Waals surface area contributed by atoms with E-state index >= 15 is 0 Å². The first-order valence-electron chi connectivity index (χ1n) is 13.2. The van der Waals surface area contributed by atoms with Crippen molar-refractivity contribution in [2.24, 2.45) is 34.5 Å². The molecule has 1 aliphatic heterocycles. The van der Waals surface area contributed by atoms with Crippen LogP contribution in [0.25, 0.3) is 0 Å². The number of likely N-dealkylation sites (tertiary alicyclic amines) is 1. The SMILES string of the molecule is CN1C(=O)CC[C@@]2(C)C1CC[C@@H]1[C@H]2CC[C@]2(C)C(CCCCc3ccccc3)CC[C@@H]12. The first-order chi connectivity index (χ1) is 14.9. The Bertz CT molecular complexity index is 789. The predicted molar refractivity (Wildman–Crippen MR) is 128 cm³/mol. The van der Waals surface area contributed by atoms with Gasteiger partial charge in [-0.25, -0.2) is 0 Å². The molecule has 170 valence electrons. The maximum Gasteiger partial charge on any atom is 0.222 e. The largest absolute Gasteiger partial charge is 0.342 e. The van der Waals surface area contributed by atoms with Crippen molar-refractivity contribution < 1.29 is 4.79 Å². The number of hydrogen-bond donors (Lipinski definition) is 0. The highest BCUT2D eigenvalue weighted by atomic mass is 16.2. The van der Waals surface area contributed by atoms with E-state index in [0.29, 0.717) is 22.8 Å². The molecule has 1 aromatic rings. The molecule has 4 fully saturated rings. The van der Waals surface area contributed by atoms with Crippen LogP contribution in [0.5, 0.6) is 0 Å². The lowest BCUT2D eigenvalue weighted by molar-refractivity contribution is -0.158. The first-order valence-corrected chi connectivity index (χ1v) is 13.2. The quantitative estimate of drug-likeness (QED) is 0.475. The van der Waals surface area contributed by atoms with Crippen LogP contribution in [-0.4, -0.2) is 23.9 Å². The van der Waals surface area contributed by atoms with Gasteiger partial charge >= 0.3 is 0 Å². The normalized spacial score (nSPS) is 42.1. The summed E-state index contributed by atoms with van der Waals surface area (Å²) in [6.45, 7) is 5.23. The van der Waals surface area contributed by atoms with Crippen LogP contribution in [0.2, 0.25) is 0 Å². The molecule has 0 radical (unpaired) electrons. The minimum Gasteiger partial charge on any atom is -0.342 e. The highest BCUT2D eigenvalue weighted by Crippen LogP contribution is 2.66. The maximum atomic E-state index is 12.4. The first kappa shape index (κ1) is 21.5. The Morgan fingerprint density at radius 2 is 1.68 bits per heavy atom. The molecule has 0 N–H and O–H groups in total. The van der Waals surface area contributed by atoms with Crippen LogP contribution in [-0.2, 0) is 11.2 Å². The molecule has 7 atom stereocenters. The zero-order valence-corrected chi connectivity index (χ0v) is 20.1. The van der Waals surface area contributed by atoms with Gasteiger partial charge in [0, 0.05) is 19.5 Å². The van der Waals surface area contributed by atoms with Crippen LogP contribution in [0.1, 0.15) is 90.0 Å². The number of carbonyl (C=O) groups is 1. The average Bonchev–Trinajstić information content (AvgIpc) is 3.11. The Labute approximate surface area is 190 Å². The van der Waals surface area contributed by atoms with E-state index in [1.54, 1.807) is 0 Å². The summed E-state index contributed by atoms with van der Waals surface area (Å²) in [4.78, 5) is 14.5. The van der Waals surface area contributed by atoms with Crippen molar-refractivity contribution in [3.63, 3.8) is 0 Å². The molecule has 2 nitrogen and oxygen atoms in total. The van der Waals surface area contributed by atoms with Crippen LogP contribution in [0.15, 0.2) is 30.3 Å². The fourth-order valence-electron chi connectivity index (χ4n) is 9.10. The number of amides is 1. The molecular weight excluding hydrogens is 378 g/mol. The van der Waals surface area contributed by atoms with Crippen molar-refractivity contribution in [2.45, 2.75) is 96.9 Å². The van der Waals surface area contributed by atoms with Crippen molar-refractivity contribution in [1.29, 1.82) is 0 Å². The summed E-state index contributed by atoms with van der Waals surface area (Å²) in [5.41, 5.74) is 2.44. The number of fused-ring (bicyclic) bond motifs is 5. The second-order valence-electron chi connectivity index (χ2n) is 12.0. The molecule has 2 heteroatoms. The van der Waals surface area contributed by atoms with Crippen molar-refractivity contribution >= 4 is 5.91 Å². The topological polar surface area (TPSA) is 20.3 Å². The molecule has 5 rings (SSSR count). The molecule has 1 saturated heterocycles. The molecule has 1 heterocycles. The third kappa shape index (κ3) is 3.57. The Morgan fingerprint density at radius 1 is 0.903 bits per heavy atom. The molecule has 4 aliphatic rings. The summed E-state index contributed by atoms with van der Waals surface area (Å²) in [6.07, 6.45) is 15.7. The number of carbonyl (C=O) groups excluding carboxylic acids is 1. The third-order valence-electron chi connectivity index (χ3n) is 10.9. The lowest BCUT2D eigenvalue weighted by atomic mass is 9.46. The van der Waals surface area contributed by atoms with Crippen LogP contribution < -0.4 is 0 Å². The zero-order chi connectivity index (χ0) is 21.6. The second-order valence-corrected chi connectivity index (χ2v) is 12.0. The number of unbranched alkanes of at least 4 members (excludes halogenated alkanes) is 1. The molecule has 1 amide bonds. The fourth-order valence-corrected chi connectivity index (χ4v) is 9.10. The minimum atomic E-state index is 0.362. The van der Waals surface area contributed by atoms with E-state index < -0.39 is 0 Å². The van der Waals surface area contributed by atoms with Crippen LogP contribution in [0, 0.1) is 34.5 Å². The highest BCUT2D eigenvalue weighted by Gasteiger charge is 2.60. The average molecular weight is 422 g/mol. The van der Waals surface area contributed by atoms with Gasteiger partial charge in [-0.05, 0) is 104 Å². The van der Waals surface area contributed by atoms with Crippen LogP contribution in [0.3, 0.4) is 0 Å². The van der Waals surface area contributed by atoms with Gasteiger partial charge in [0.2, 0.25) is 5.91 Å². The molecule has 0 bridgehead atoms.